The minimum Gasteiger partial charge on any atom is -0.444 e. The molecule has 2 aromatic rings. The Labute approximate surface area is 75.8 Å². The van der Waals surface area contributed by atoms with E-state index in [1.807, 2.05) is 0 Å². The second-order valence-corrected chi connectivity index (χ2v) is 3.92. The maximum Gasteiger partial charge on any atom is 0.203 e. The summed E-state index contributed by atoms with van der Waals surface area (Å²) in [5.41, 5.74) is 0. The van der Waals surface area contributed by atoms with Crippen molar-refractivity contribution in [3.8, 4) is 0 Å². The Hall–Kier alpha value is -1.44. The minimum absolute atomic E-state index is 0.660. The molecule has 0 spiro atoms. The van der Waals surface area contributed by atoms with Gasteiger partial charge in [-0.1, -0.05) is 18.2 Å². The van der Waals surface area contributed by atoms with Gasteiger partial charge in [-0.05, 0) is 6.07 Å². The summed E-state index contributed by atoms with van der Waals surface area (Å²) in [4.78, 5) is 2.32. The van der Waals surface area contributed by atoms with Crippen LogP contribution in [0.4, 0.5) is 5.88 Å². The van der Waals surface area contributed by atoms with Crippen LogP contribution in [0, 0.1) is 0 Å². The van der Waals surface area contributed by atoms with Gasteiger partial charge in [-0.3, -0.25) is 0 Å². The van der Waals surface area contributed by atoms with Crippen LogP contribution >= 0.6 is 0 Å². The predicted molar refractivity (Wildman–Crippen MR) is 51.2 cm³/mol. The summed E-state index contributed by atoms with van der Waals surface area (Å²) in [7, 11) is 0. The average molecular weight is 171 g/mol. The number of anilines is 1. The van der Waals surface area contributed by atoms with E-state index in [0.717, 1.165) is 5.88 Å². The van der Waals surface area contributed by atoms with Gasteiger partial charge < -0.3 is 9.32 Å². The third-order valence-corrected chi connectivity index (χ3v) is 3.17. The van der Waals surface area contributed by atoms with Gasteiger partial charge in [0.05, 0.1) is 5.92 Å². The Bertz CT molecular complexity index is 452. The first-order valence-corrected chi connectivity index (χ1v) is 4.70. The van der Waals surface area contributed by atoms with Crippen LogP contribution in [0.15, 0.2) is 28.7 Å². The maximum absolute atomic E-state index is 5.79. The van der Waals surface area contributed by atoms with Crippen LogP contribution in [0.25, 0.3) is 10.8 Å². The topological polar surface area (TPSA) is 16.4 Å². The van der Waals surface area contributed by atoms with Crippen LogP contribution in [-0.2, 0) is 0 Å². The smallest absolute Gasteiger partial charge is 0.203 e. The van der Waals surface area contributed by atoms with Crippen molar-refractivity contribution < 1.29 is 4.42 Å². The molecule has 4 heterocycles. The highest BCUT2D eigenvalue weighted by Gasteiger charge is 2.40. The molecule has 0 radical (unpaired) electrons. The van der Waals surface area contributed by atoms with Crippen molar-refractivity contribution >= 4 is 16.7 Å². The number of fused-ring (bicyclic) bond motifs is 1. The van der Waals surface area contributed by atoms with E-state index in [0.29, 0.717) is 5.92 Å². The van der Waals surface area contributed by atoms with Crippen molar-refractivity contribution in [2.75, 3.05) is 18.0 Å². The Morgan fingerprint density at radius 1 is 1.15 bits per heavy atom. The molecule has 3 aliphatic heterocycles. The van der Waals surface area contributed by atoms with Crippen molar-refractivity contribution in [3.63, 3.8) is 0 Å². The molecule has 0 atom stereocenters. The normalized spacial score (nSPS) is 19.2. The van der Waals surface area contributed by atoms with Crippen LogP contribution in [0.3, 0.4) is 0 Å². The number of hydrogen-bond donors (Lipinski definition) is 0. The van der Waals surface area contributed by atoms with Crippen LogP contribution in [0.1, 0.15) is 11.7 Å². The van der Waals surface area contributed by atoms with Crippen LogP contribution in [0.5, 0.6) is 0 Å². The van der Waals surface area contributed by atoms with Crippen molar-refractivity contribution in [2.45, 2.75) is 5.92 Å². The highest BCUT2D eigenvalue weighted by atomic mass is 16.4. The van der Waals surface area contributed by atoms with Crippen molar-refractivity contribution in [1.82, 2.24) is 0 Å². The largest absolute Gasteiger partial charge is 0.444 e. The van der Waals surface area contributed by atoms with Gasteiger partial charge in [-0.15, -0.1) is 0 Å². The lowest BCUT2D eigenvalue weighted by atomic mass is 9.97. The molecular weight excluding hydrogens is 162 g/mol. The van der Waals surface area contributed by atoms with Crippen LogP contribution in [0.2, 0.25) is 0 Å². The molecule has 0 aliphatic carbocycles. The molecule has 0 saturated carbocycles. The van der Waals surface area contributed by atoms with Gasteiger partial charge in [-0.2, -0.15) is 0 Å². The van der Waals surface area contributed by atoms with Gasteiger partial charge in [0.25, 0.3) is 0 Å². The molecular formula is C11H9NO. The first-order chi connectivity index (χ1) is 6.43. The molecule has 5 rings (SSSR count). The minimum atomic E-state index is 0.660. The molecule has 1 saturated heterocycles. The van der Waals surface area contributed by atoms with Crippen molar-refractivity contribution in [3.05, 3.63) is 30.0 Å². The van der Waals surface area contributed by atoms with Gasteiger partial charge in [0.2, 0.25) is 5.88 Å². The molecule has 2 nitrogen and oxygen atoms in total. The summed E-state index contributed by atoms with van der Waals surface area (Å²) in [5, 5.41) is 2.61. The van der Waals surface area contributed by atoms with Gasteiger partial charge >= 0.3 is 0 Å². The molecule has 2 heteroatoms. The Balaban J connectivity index is 2.24. The Morgan fingerprint density at radius 2 is 1.92 bits per heavy atom. The van der Waals surface area contributed by atoms with Crippen molar-refractivity contribution in [1.29, 1.82) is 0 Å². The molecule has 64 valence electrons. The number of benzene rings is 1. The number of nitrogens with zero attached hydrogens (tertiary/aromatic N) is 1. The molecule has 0 N–H and O–H groups in total. The highest BCUT2D eigenvalue weighted by Crippen LogP contribution is 2.47. The fourth-order valence-corrected chi connectivity index (χ4v) is 2.45. The quantitative estimate of drug-likeness (QED) is 0.605. The van der Waals surface area contributed by atoms with E-state index >= 15 is 0 Å². The SMILES string of the molecule is c1ccc2c3oc(c2c1)C1CN3C1. The number of furan rings is 1. The van der Waals surface area contributed by atoms with E-state index in [9.17, 15) is 0 Å². The predicted octanol–water partition coefficient (Wildman–Crippen LogP) is 2.35. The summed E-state index contributed by atoms with van der Waals surface area (Å²) in [5.74, 6) is 2.97. The van der Waals surface area contributed by atoms with E-state index in [1.54, 1.807) is 0 Å². The lowest BCUT2D eigenvalue weighted by molar-refractivity contribution is 0.344. The zero-order valence-corrected chi connectivity index (χ0v) is 7.16. The molecule has 1 aromatic carbocycles. The summed E-state index contributed by atoms with van der Waals surface area (Å²) in [6.45, 7) is 2.33. The Morgan fingerprint density at radius 3 is 2.77 bits per heavy atom. The zero-order valence-electron chi connectivity index (χ0n) is 7.16. The van der Waals surface area contributed by atoms with E-state index in [2.05, 4.69) is 29.2 Å². The number of rotatable bonds is 0. The van der Waals surface area contributed by atoms with E-state index < -0.39 is 0 Å². The standard InChI is InChI=1S/C11H9NO/c1-2-4-9-8(3-1)10-7-5-12(6-7)11(9)13-10/h1-4,7H,5-6H2. The summed E-state index contributed by atoms with van der Waals surface area (Å²) in [6, 6.07) is 8.48. The molecule has 0 amide bonds. The van der Waals surface area contributed by atoms with Gasteiger partial charge in [0.15, 0.2) is 0 Å². The summed E-state index contributed by atoms with van der Waals surface area (Å²) in [6.07, 6.45) is 0. The summed E-state index contributed by atoms with van der Waals surface area (Å²) >= 11 is 0. The monoisotopic (exact) mass is 171 g/mol. The molecule has 13 heavy (non-hydrogen) atoms. The molecule has 4 bridgehead atoms. The summed E-state index contributed by atoms with van der Waals surface area (Å²) < 4.78 is 5.79. The first-order valence-electron chi connectivity index (χ1n) is 4.70. The third kappa shape index (κ3) is 0.548. The zero-order chi connectivity index (χ0) is 8.41. The van der Waals surface area contributed by atoms with Crippen molar-refractivity contribution in [2.24, 2.45) is 0 Å². The van der Waals surface area contributed by atoms with Crippen LogP contribution in [-0.4, -0.2) is 13.1 Å². The Kier molecular flexibility index (Phi) is 0.813. The average Bonchev–Trinajstić information content (AvgIpc) is 2.37. The number of hydrogen-bond acceptors (Lipinski definition) is 2. The third-order valence-electron chi connectivity index (χ3n) is 3.17. The lowest BCUT2D eigenvalue weighted by Crippen LogP contribution is -2.46. The fraction of sp³-hybridized carbons (Fsp3) is 0.273. The molecule has 1 aromatic heterocycles. The lowest BCUT2D eigenvalue weighted by Gasteiger charge is -2.40. The molecule has 0 unspecified atom stereocenters. The fourth-order valence-electron chi connectivity index (χ4n) is 2.45. The molecule has 1 fully saturated rings. The second-order valence-electron chi connectivity index (χ2n) is 3.92. The maximum atomic E-state index is 5.79. The van der Waals surface area contributed by atoms with E-state index in [4.69, 9.17) is 4.42 Å². The van der Waals surface area contributed by atoms with E-state index in [-0.39, 0.29) is 0 Å². The highest BCUT2D eigenvalue weighted by molar-refractivity contribution is 5.96. The van der Waals surface area contributed by atoms with Gasteiger partial charge in [0.1, 0.15) is 5.76 Å². The van der Waals surface area contributed by atoms with E-state index in [1.165, 1.54) is 29.6 Å². The van der Waals surface area contributed by atoms with Crippen LogP contribution < -0.4 is 4.90 Å². The van der Waals surface area contributed by atoms with Gasteiger partial charge in [-0.25, -0.2) is 0 Å². The first kappa shape index (κ1) is 6.08. The second kappa shape index (κ2) is 1.74. The molecule has 3 aliphatic rings. The van der Waals surface area contributed by atoms with Gasteiger partial charge in [0, 0.05) is 23.9 Å².